The summed E-state index contributed by atoms with van der Waals surface area (Å²) in [6.45, 7) is 8.13. The van der Waals surface area contributed by atoms with E-state index in [1.54, 1.807) is 16.7 Å². The molecule has 0 atom stereocenters. The summed E-state index contributed by atoms with van der Waals surface area (Å²) in [5, 5.41) is 4.27. The number of thioether (sulfide) groups is 1. The van der Waals surface area contributed by atoms with Gasteiger partial charge in [0.05, 0.1) is 10.9 Å². The number of hydrogen-bond acceptors (Lipinski definition) is 4. The highest BCUT2D eigenvalue weighted by molar-refractivity contribution is 7.99. The largest absolute Gasteiger partial charge is 0.326 e. The molecule has 0 aliphatic carbocycles. The number of anilines is 1. The Hall–Kier alpha value is -2.86. The number of rotatable bonds is 8. The van der Waals surface area contributed by atoms with E-state index in [9.17, 15) is 9.59 Å². The van der Waals surface area contributed by atoms with Gasteiger partial charge in [-0.1, -0.05) is 48.2 Å². The molecular weight excluding hydrogens is 382 g/mol. The van der Waals surface area contributed by atoms with Crippen LogP contribution in [-0.4, -0.2) is 21.2 Å². The van der Waals surface area contributed by atoms with Crippen LogP contribution in [0.5, 0.6) is 0 Å². The first-order valence-electron chi connectivity index (χ1n) is 9.60. The van der Waals surface area contributed by atoms with Crippen LogP contribution in [0.15, 0.2) is 65.1 Å². The van der Waals surface area contributed by atoms with Crippen molar-refractivity contribution in [3.63, 3.8) is 0 Å². The number of allylic oxidation sites excluding steroid dienone is 1. The molecule has 0 bridgehead atoms. The maximum absolute atomic E-state index is 12.7. The molecule has 1 amide bonds. The van der Waals surface area contributed by atoms with E-state index in [-0.39, 0.29) is 11.5 Å². The van der Waals surface area contributed by atoms with Gasteiger partial charge in [0, 0.05) is 24.4 Å². The van der Waals surface area contributed by atoms with E-state index < -0.39 is 0 Å². The fraction of sp³-hybridized carbons (Fsp3) is 0.261. The molecule has 29 heavy (non-hydrogen) atoms. The number of aryl methyl sites for hydroxylation is 2. The molecule has 1 aromatic heterocycles. The lowest BCUT2D eigenvalue weighted by Gasteiger charge is -2.12. The van der Waals surface area contributed by atoms with E-state index in [0.717, 1.165) is 16.8 Å². The van der Waals surface area contributed by atoms with Gasteiger partial charge in [0.15, 0.2) is 5.16 Å². The van der Waals surface area contributed by atoms with Crippen molar-refractivity contribution in [3.05, 3.63) is 76.6 Å². The van der Waals surface area contributed by atoms with Gasteiger partial charge >= 0.3 is 0 Å². The molecular formula is C23H25N3O2S. The number of nitrogens with one attached hydrogen (secondary N) is 1. The number of amides is 1. The lowest BCUT2D eigenvalue weighted by Crippen LogP contribution is -2.22. The quantitative estimate of drug-likeness (QED) is 0.254. The Morgan fingerprint density at radius 1 is 1.17 bits per heavy atom. The molecule has 0 aliphatic rings. The summed E-state index contributed by atoms with van der Waals surface area (Å²) in [7, 11) is 0. The van der Waals surface area contributed by atoms with Gasteiger partial charge in [0.1, 0.15) is 0 Å². The van der Waals surface area contributed by atoms with E-state index in [1.165, 1.54) is 11.8 Å². The standard InChI is InChI=1S/C23H25N3O2S/c1-4-14-26-22(28)18-11-5-6-12-19(18)24-23(26)29-15-8-13-20(27)25-21-16(2)9-7-10-17(21)3/h4-7,9-12H,1,8,13-15H2,2-3H3,(H,25,27). The highest BCUT2D eigenvalue weighted by Crippen LogP contribution is 2.21. The van der Waals surface area contributed by atoms with Gasteiger partial charge < -0.3 is 5.32 Å². The molecule has 6 heteroatoms. The molecule has 1 N–H and O–H groups in total. The molecule has 0 unspecified atom stereocenters. The van der Waals surface area contributed by atoms with Crippen molar-refractivity contribution in [2.75, 3.05) is 11.1 Å². The highest BCUT2D eigenvalue weighted by Gasteiger charge is 2.11. The molecule has 0 spiro atoms. The maximum Gasteiger partial charge on any atom is 0.262 e. The smallest absolute Gasteiger partial charge is 0.262 e. The molecule has 0 saturated carbocycles. The second kappa shape index (κ2) is 9.56. The second-order valence-electron chi connectivity index (χ2n) is 6.88. The van der Waals surface area contributed by atoms with Gasteiger partial charge in [-0.25, -0.2) is 4.98 Å². The molecule has 0 aliphatic heterocycles. The number of para-hydroxylation sites is 2. The van der Waals surface area contributed by atoms with E-state index in [4.69, 9.17) is 0 Å². The van der Waals surface area contributed by atoms with E-state index in [0.29, 0.717) is 41.2 Å². The normalized spacial score (nSPS) is 10.8. The lowest BCUT2D eigenvalue weighted by atomic mass is 10.1. The van der Waals surface area contributed by atoms with Crippen LogP contribution in [0, 0.1) is 13.8 Å². The van der Waals surface area contributed by atoms with Crippen molar-refractivity contribution in [1.82, 2.24) is 9.55 Å². The third kappa shape index (κ3) is 4.95. The van der Waals surface area contributed by atoms with Crippen LogP contribution in [0.2, 0.25) is 0 Å². The first-order valence-corrected chi connectivity index (χ1v) is 10.6. The Morgan fingerprint density at radius 3 is 2.62 bits per heavy atom. The number of fused-ring (bicyclic) bond motifs is 1. The Balaban J connectivity index is 1.64. The summed E-state index contributed by atoms with van der Waals surface area (Å²) in [6, 6.07) is 13.3. The SMILES string of the molecule is C=CCn1c(SCCCC(=O)Nc2c(C)cccc2C)nc2ccccc2c1=O. The predicted octanol–water partition coefficient (Wildman–Crippen LogP) is 4.71. The molecule has 5 nitrogen and oxygen atoms in total. The first-order chi connectivity index (χ1) is 14.0. The fourth-order valence-corrected chi connectivity index (χ4v) is 4.11. The van der Waals surface area contributed by atoms with Gasteiger partial charge in [0.25, 0.3) is 5.56 Å². The first kappa shape index (κ1) is 20.9. The fourth-order valence-electron chi connectivity index (χ4n) is 3.16. The lowest BCUT2D eigenvalue weighted by molar-refractivity contribution is -0.116. The van der Waals surface area contributed by atoms with E-state index in [2.05, 4.69) is 16.9 Å². The maximum atomic E-state index is 12.7. The van der Waals surface area contributed by atoms with Crippen molar-refractivity contribution in [2.24, 2.45) is 0 Å². The van der Waals surface area contributed by atoms with Gasteiger partial charge in [0.2, 0.25) is 5.91 Å². The summed E-state index contributed by atoms with van der Waals surface area (Å²) in [4.78, 5) is 29.7. The van der Waals surface area contributed by atoms with Gasteiger partial charge in [-0.2, -0.15) is 0 Å². The van der Waals surface area contributed by atoms with Crippen molar-refractivity contribution in [1.29, 1.82) is 0 Å². The summed E-state index contributed by atoms with van der Waals surface area (Å²) < 4.78 is 1.64. The topological polar surface area (TPSA) is 64.0 Å². The average Bonchev–Trinajstić information content (AvgIpc) is 2.71. The van der Waals surface area contributed by atoms with E-state index in [1.807, 2.05) is 50.2 Å². The molecule has 150 valence electrons. The zero-order valence-electron chi connectivity index (χ0n) is 16.8. The molecule has 0 fully saturated rings. The number of hydrogen-bond donors (Lipinski definition) is 1. The second-order valence-corrected chi connectivity index (χ2v) is 7.95. The number of aromatic nitrogens is 2. The number of carbonyl (C=O) groups excluding carboxylic acids is 1. The van der Waals surface area contributed by atoms with Gasteiger partial charge in [-0.15, -0.1) is 6.58 Å². The molecule has 1 heterocycles. The van der Waals surface area contributed by atoms with Crippen LogP contribution in [0.3, 0.4) is 0 Å². The summed E-state index contributed by atoms with van der Waals surface area (Å²) in [5.74, 6) is 0.695. The van der Waals surface area contributed by atoms with Crippen molar-refractivity contribution in [3.8, 4) is 0 Å². The molecule has 3 aromatic rings. The Labute approximate surface area is 174 Å². The minimum atomic E-state index is -0.0641. The van der Waals surface area contributed by atoms with Crippen LogP contribution in [-0.2, 0) is 11.3 Å². The van der Waals surface area contributed by atoms with Crippen molar-refractivity contribution in [2.45, 2.75) is 38.4 Å². The molecule has 3 rings (SSSR count). The third-order valence-corrected chi connectivity index (χ3v) is 5.73. The van der Waals surface area contributed by atoms with Crippen LogP contribution in [0.25, 0.3) is 10.9 Å². The zero-order valence-corrected chi connectivity index (χ0v) is 17.6. The van der Waals surface area contributed by atoms with Crippen molar-refractivity contribution < 1.29 is 4.79 Å². The molecule has 0 radical (unpaired) electrons. The summed E-state index contributed by atoms with van der Waals surface area (Å²) >= 11 is 1.49. The monoisotopic (exact) mass is 407 g/mol. The number of carbonyl (C=O) groups is 1. The molecule has 2 aromatic carbocycles. The highest BCUT2D eigenvalue weighted by atomic mass is 32.2. The predicted molar refractivity (Wildman–Crippen MR) is 121 cm³/mol. The Bertz CT molecular complexity index is 1080. The number of benzene rings is 2. The van der Waals surface area contributed by atoms with E-state index >= 15 is 0 Å². The zero-order chi connectivity index (χ0) is 20.8. The average molecular weight is 408 g/mol. The van der Waals surface area contributed by atoms with Crippen molar-refractivity contribution >= 4 is 34.3 Å². The molecule has 0 saturated heterocycles. The van der Waals surface area contributed by atoms with Crippen LogP contribution in [0.4, 0.5) is 5.69 Å². The minimum absolute atomic E-state index is 0.00190. The third-order valence-electron chi connectivity index (χ3n) is 4.66. The minimum Gasteiger partial charge on any atom is -0.326 e. The van der Waals surface area contributed by atoms with Gasteiger partial charge in [-0.3, -0.25) is 14.2 Å². The van der Waals surface area contributed by atoms with Crippen LogP contribution >= 0.6 is 11.8 Å². The van der Waals surface area contributed by atoms with Crippen LogP contribution < -0.4 is 10.9 Å². The Kier molecular flexibility index (Phi) is 6.88. The Morgan fingerprint density at radius 2 is 1.90 bits per heavy atom. The number of nitrogens with zero attached hydrogens (tertiary/aromatic N) is 2. The van der Waals surface area contributed by atoms with Gasteiger partial charge in [-0.05, 0) is 43.5 Å². The summed E-state index contributed by atoms with van der Waals surface area (Å²) in [6.07, 6.45) is 2.80. The van der Waals surface area contributed by atoms with Crippen LogP contribution in [0.1, 0.15) is 24.0 Å². The summed E-state index contributed by atoms with van der Waals surface area (Å²) in [5.41, 5.74) is 3.63.